The fourth-order valence-corrected chi connectivity index (χ4v) is 3.78. The minimum absolute atomic E-state index is 0.163. The highest BCUT2D eigenvalue weighted by molar-refractivity contribution is 7.99. The molecule has 0 aliphatic carbocycles. The van der Waals surface area contributed by atoms with Gasteiger partial charge in [-0.1, -0.05) is 41.6 Å². The number of nitrogens with one attached hydrogen (secondary N) is 1. The smallest absolute Gasteiger partial charge is 0.234 e. The van der Waals surface area contributed by atoms with Gasteiger partial charge in [-0.2, -0.15) is 0 Å². The van der Waals surface area contributed by atoms with E-state index in [0.29, 0.717) is 16.0 Å². The van der Waals surface area contributed by atoms with E-state index in [1.165, 1.54) is 0 Å². The SMILES string of the molecule is O=C(CSc1nnc(-c2ccc(Cl)cc2)n1-c1ccccc1)Nc1ccc(F)c(F)c1F. The first-order valence-electron chi connectivity index (χ1n) is 9.27. The van der Waals surface area contributed by atoms with Gasteiger partial charge in [-0.15, -0.1) is 10.2 Å². The molecule has 1 N–H and O–H groups in total. The zero-order chi connectivity index (χ0) is 22.7. The van der Waals surface area contributed by atoms with Gasteiger partial charge in [0.05, 0.1) is 11.4 Å². The normalized spacial score (nSPS) is 10.9. The predicted octanol–water partition coefficient (Wildman–Crippen LogP) is 5.74. The Morgan fingerprint density at radius 1 is 0.938 bits per heavy atom. The van der Waals surface area contributed by atoms with Gasteiger partial charge < -0.3 is 5.32 Å². The van der Waals surface area contributed by atoms with Crippen molar-refractivity contribution >= 4 is 35.0 Å². The summed E-state index contributed by atoms with van der Waals surface area (Å²) in [4.78, 5) is 12.3. The van der Waals surface area contributed by atoms with Crippen molar-refractivity contribution in [2.75, 3.05) is 11.1 Å². The highest BCUT2D eigenvalue weighted by atomic mass is 35.5. The number of rotatable bonds is 6. The van der Waals surface area contributed by atoms with Gasteiger partial charge in [-0.3, -0.25) is 9.36 Å². The summed E-state index contributed by atoms with van der Waals surface area (Å²) >= 11 is 7.04. The third-order valence-corrected chi connectivity index (χ3v) is 5.57. The summed E-state index contributed by atoms with van der Waals surface area (Å²) in [5, 5.41) is 11.7. The molecular formula is C22H14ClF3N4OS. The van der Waals surface area contributed by atoms with E-state index in [-0.39, 0.29) is 5.75 Å². The molecule has 0 aliphatic heterocycles. The molecule has 0 unspecified atom stereocenters. The summed E-state index contributed by atoms with van der Waals surface area (Å²) in [5.41, 5.74) is 1.10. The van der Waals surface area contributed by atoms with Crippen molar-refractivity contribution in [1.29, 1.82) is 0 Å². The average Bonchev–Trinajstić information content (AvgIpc) is 3.23. The number of anilines is 1. The van der Waals surface area contributed by atoms with Crippen LogP contribution >= 0.6 is 23.4 Å². The number of para-hydroxylation sites is 1. The van der Waals surface area contributed by atoms with Crippen LogP contribution in [0.15, 0.2) is 71.9 Å². The lowest BCUT2D eigenvalue weighted by atomic mass is 10.2. The predicted molar refractivity (Wildman–Crippen MR) is 117 cm³/mol. The molecule has 0 radical (unpaired) electrons. The Morgan fingerprint density at radius 3 is 2.38 bits per heavy atom. The van der Waals surface area contributed by atoms with Crippen LogP contribution in [0.2, 0.25) is 5.02 Å². The number of benzene rings is 3. The number of thioether (sulfide) groups is 1. The maximum atomic E-state index is 13.8. The molecule has 1 amide bonds. The second kappa shape index (κ2) is 9.46. The van der Waals surface area contributed by atoms with Gasteiger partial charge in [0.15, 0.2) is 28.4 Å². The lowest BCUT2D eigenvalue weighted by molar-refractivity contribution is -0.113. The summed E-state index contributed by atoms with van der Waals surface area (Å²) in [5.74, 6) is -4.67. The molecule has 0 aliphatic rings. The quantitative estimate of drug-likeness (QED) is 0.286. The molecule has 162 valence electrons. The van der Waals surface area contributed by atoms with Crippen molar-refractivity contribution in [3.63, 3.8) is 0 Å². The topological polar surface area (TPSA) is 59.8 Å². The van der Waals surface area contributed by atoms with Gasteiger partial charge in [-0.05, 0) is 48.5 Å². The average molecular weight is 475 g/mol. The fraction of sp³-hybridized carbons (Fsp3) is 0.0455. The number of halogens is 4. The maximum absolute atomic E-state index is 13.8. The van der Waals surface area contributed by atoms with E-state index < -0.39 is 29.0 Å². The third-order valence-electron chi connectivity index (χ3n) is 4.39. The van der Waals surface area contributed by atoms with E-state index in [1.807, 2.05) is 30.3 Å². The standard InChI is InChI=1S/C22H14ClF3N4OS/c23-14-8-6-13(7-9-14)21-28-29-22(30(21)15-4-2-1-3-5-15)32-12-18(31)27-17-11-10-16(24)19(25)20(17)26/h1-11H,12H2,(H,27,31). The van der Waals surface area contributed by atoms with Crippen LogP contribution < -0.4 is 5.32 Å². The molecule has 0 saturated heterocycles. The van der Waals surface area contributed by atoms with E-state index in [2.05, 4.69) is 15.5 Å². The second-order valence-corrected chi connectivity index (χ2v) is 7.92. The van der Waals surface area contributed by atoms with E-state index in [4.69, 9.17) is 11.6 Å². The Kier molecular flexibility index (Phi) is 6.48. The molecule has 1 aromatic heterocycles. The number of nitrogens with zero attached hydrogens (tertiary/aromatic N) is 3. The lowest BCUT2D eigenvalue weighted by Gasteiger charge is -2.11. The van der Waals surface area contributed by atoms with E-state index in [0.717, 1.165) is 35.1 Å². The van der Waals surface area contributed by atoms with Crippen LogP contribution in [0.1, 0.15) is 0 Å². The van der Waals surface area contributed by atoms with Crippen molar-refractivity contribution in [3.8, 4) is 17.1 Å². The number of hydrogen-bond acceptors (Lipinski definition) is 4. The molecule has 5 nitrogen and oxygen atoms in total. The minimum atomic E-state index is -1.65. The Labute approximate surface area is 190 Å². The third kappa shape index (κ3) is 4.63. The summed E-state index contributed by atoms with van der Waals surface area (Å²) < 4.78 is 42.1. The fourth-order valence-electron chi connectivity index (χ4n) is 2.90. The highest BCUT2D eigenvalue weighted by Gasteiger charge is 2.19. The molecule has 32 heavy (non-hydrogen) atoms. The molecule has 10 heteroatoms. The first-order chi connectivity index (χ1) is 15.4. The van der Waals surface area contributed by atoms with Crippen molar-refractivity contribution in [2.45, 2.75) is 5.16 Å². The number of hydrogen-bond donors (Lipinski definition) is 1. The largest absolute Gasteiger partial charge is 0.323 e. The van der Waals surface area contributed by atoms with Gasteiger partial charge in [0, 0.05) is 16.3 Å². The van der Waals surface area contributed by atoms with Crippen LogP contribution in [0.4, 0.5) is 18.9 Å². The van der Waals surface area contributed by atoms with Crippen LogP contribution in [0.5, 0.6) is 0 Å². The lowest BCUT2D eigenvalue weighted by Crippen LogP contribution is -2.16. The van der Waals surface area contributed by atoms with Crippen LogP contribution in [0.3, 0.4) is 0 Å². The molecule has 4 rings (SSSR count). The van der Waals surface area contributed by atoms with Gasteiger partial charge in [0.1, 0.15) is 0 Å². The zero-order valence-electron chi connectivity index (χ0n) is 16.2. The highest BCUT2D eigenvalue weighted by Crippen LogP contribution is 2.29. The van der Waals surface area contributed by atoms with E-state index in [9.17, 15) is 18.0 Å². The first-order valence-corrected chi connectivity index (χ1v) is 10.6. The van der Waals surface area contributed by atoms with Gasteiger partial charge in [0.2, 0.25) is 5.91 Å². The molecule has 1 heterocycles. The van der Waals surface area contributed by atoms with Crippen molar-refractivity contribution < 1.29 is 18.0 Å². The monoisotopic (exact) mass is 474 g/mol. The summed E-state index contributed by atoms with van der Waals surface area (Å²) in [6.07, 6.45) is 0. The molecular weight excluding hydrogens is 461 g/mol. The van der Waals surface area contributed by atoms with Crippen LogP contribution in [0, 0.1) is 17.5 Å². The zero-order valence-corrected chi connectivity index (χ0v) is 17.8. The van der Waals surface area contributed by atoms with Crippen LogP contribution in [0.25, 0.3) is 17.1 Å². The summed E-state index contributed by atoms with van der Waals surface area (Å²) in [6, 6.07) is 18.1. The molecule has 0 fully saturated rings. The molecule has 0 saturated carbocycles. The van der Waals surface area contributed by atoms with Crippen molar-refractivity contribution in [2.24, 2.45) is 0 Å². The van der Waals surface area contributed by atoms with Gasteiger partial charge in [0.25, 0.3) is 0 Å². The molecule has 3 aromatic carbocycles. The maximum Gasteiger partial charge on any atom is 0.234 e. The molecule has 0 spiro atoms. The summed E-state index contributed by atoms with van der Waals surface area (Å²) in [6.45, 7) is 0. The Morgan fingerprint density at radius 2 is 1.66 bits per heavy atom. The second-order valence-electron chi connectivity index (χ2n) is 6.54. The van der Waals surface area contributed by atoms with Crippen molar-refractivity contribution in [3.05, 3.63) is 89.2 Å². The minimum Gasteiger partial charge on any atom is -0.323 e. The number of amides is 1. The van der Waals surface area contributed by atoms with Crippen LogP contribution in [-0.4, -0.2) is 26.4 Å². The summed E-state index contributed by atoms with van der Waals surface area (Å²) in [7, 11) is 0. The molecule has 0 bridgehead atoms. The van der Waals surface area contributed by atoms with Crippen molar-refractivity contribution in [1.82, 2.24) is 14.8 Å². The Bertz CT molecular complexity index is 1270. The number of carbonyl (C=O) groups is 1. The number of aromatic nitrogens is 3. The van der Waals surface area contributed by atoms with Crippen LogP contribution in [-0.2, 0) is 4.79 Å². The van der Waals surface area contributed by atoms with E-state index in [1.54, 1.807) is 28.8 Å². The van der Waals surface area contributed by atoms with Gasteiger partial charge >= 0.3 is 0 Å². The molecule has 0 atom stereocenters. The van der Waals surface area contributed by atoms with E-state index >= 15 is 0 Å². The first kappa shape index (κ1) is 21.9. The number of carbonyl (C=O) groups excluding carboxylic acids is 1. The van der Waals surface area contributed by atoms with Gasteiger partial charge in [-0.25, -0.2) is 13.2 Å². The Balaban J connectivity index is 1.58. The molecule has 4 aromatic rings. The Hall–Kier alpha value is -3.30.